The van der Waals surface area contributed by atoms with E-state index in [0.29, 0.717) is 11.8 Å². The molecule has 0 bridgehead atoms. The van der Waals surface area contributed by atoms with E-state index in [2.05, 4.69) is 15.0 Å². The molecule has 3 rings (SSSR count). The summed E-state index contributed by atoms with van der Waals surface area (Å²) >= 11 is 0. The lowest BCUT2D eigenvalue weighted by atomic mass is 10.1. The Hall–Kier alpha value is -2.04. The zero-order valence-corrected chi connectivity index (χ0v) is 10.0. The monoisotopic (exact) mass is 245 g/mol. The van der Waals surface area contributed by atoms with Crippen molar-refractivity contribution < 1.29 is 9.63 Å². The summed E-state index contributed by atoms with van der Waals surface area (Å²) in [7, 11) is 0. The summed E-state index contributed by atoms with van der Waals surface area (Å²) in [4.78, 5) is 6.52. The minimum atomic E-state index is 0.199. The van der Waals surface area contributed by atoms with Crippen LogP contribution in [0.4, 0.5) is 5.95 Å². The molecule has 0 spiro atoms. The highest BCUT2D eigenvalue weighted by molar-refractivity contribution is 5.56. The van der Waals surface area contributed by atoms with Crippen LogP contribution in [0, 0.1) is 0 Å². The largest absolute Gasteiger partial charge is 0.508 e. The number of anilines is 1. The molecule has 94 valence electrons. The molecule has 0 aliphatic carbocycles. The predicted octanol–water partition coefficient (Wildman–Crippen LogP) is 2.43. The van der Waals surface area contributed by atoms with E-state index < -0.39 is 0 Å². The Morgan fingerprint density at radius 2 is 2.00 bits per heavy atom. The molecule has 1 fully saturated rings. The van der Waals surface area contributed by atoms with E-state index in [0.717, 1.165) is 18.7 Å². The maximum atomic E-state index is 9.43. The van der Waals surface area contributed by atoms with Crippen LogP contribution in [0.25, 0.3) is 11.5 Å². The summed E-state index contributed by atoms with van der Waals surface area (Å²) in [6.45, 7) is 1.97. The smallest absolute Gasteiger partial charge is 0.266 e. The van der Waals surface area contributed by atoms with E-state index in [1.165, 1.54) is 19.3 Å². The van der Waals surface area contributed by atoms with Crippen LogP contribution in [0.1, 0.15) is 19.3 Å². The second-order valence-electron chi connectivity index (χ2n) is 4.50. The van der Waals surface area contributed by atoms with Crippen LogP contribution in [0.3, 0.4) is 0 Å². The molecule has 0 amide bonds. The highest BCUT2D eigenvalue weighted by atomic mass is 16.5. The van der Waals surface area contributed by atoms with Crippen LogP contribution in [0.5, 0.6) is 5.75 Å². The first-order valence-electron chi connectivity index (χ1n) is 6.21. The van der Waals surface area contributed by atoms with Gasteiger partial charge in [-0.3, -0.25) is 0 Å². The van der Waals surface area contributed by atoms with Gasteiger partial charge >= 0.3 is 0 Å². The van der Waals surface area contributed by atoms with Gasteiger partial charge in [0.1, 0.15) is 5.75 Å². The van der Waals surface area contributed by atoms with Crippen LogP contribution in [0.15, 0.2) is 28.8 Å². The number of hydrogen-bond acceptors (Lipinski definition) is 5. The lowest BCUT2D eigenvalue weighted by Gasteiger charge is -2.24. The molecule has 0 unspecified atom stereocenters. The number of phenolic OH excluding ortho intramolecular Hbond substituents is 1. The van der Waals surface area contributed by atoms with Gasteiger partial charge in [-0.1, -0.05) is 6.07 Å². The summed E-state index contributed by atoms with van der Waals surface area (Å²) in [6, 6.07) is 6.83. The molecule has 1 aliphatic rings. The van der Waals surface area contributed by atoms with Crippen molar-refractivity contribution in [3.63, 3.8) is 0 Å². The third kappa shape index (κ3) is 2.16. The van der Waals surface area contributed by atoms with E-state index in [-0.39, 0.29) is 5.75 Å². The van der Waals surface area contributed by atoms with Crippen molar-refractivity contribution in [1.29, 1.82) is 0 Å². The highest BCUT2D eigenvalue weighted by Gasteiger charge is 2.17. The van der Waals surface area contributed by atoms with Crippen molar-refractivity contribution in [3.8, 4) is 17.2 Å². The van der Waals surface area contributed by atoms with Gasteiger partial charge in [0.2, 0.25) is 0 Å². The Balaban J connectivity index is 1.84. The standard InChI is InChI=1S/C13H15N3O2/c17-11-6-4-5-10(9-11)12-14-13(15-18-12)16-7-2-1-3-8-16/h4-6,9,17H,1-3,7-8H2. The molecular weight excluding hydrogens is 230 g/mol. The maximum absolute atomic E-state index is 9.43. The highest BCUT2D eigenvalue weighted by Crippen LogP contribution is 2.24. The number of rotatable bonds is 2. The molecule has 2 heterocycles. The molecule has 1 aromatic carbocycles. The first kappa shape index (κ1) is 11.1. The summed E-state index contributed by atoms with van der Waals surface area (Å²) in [5.74, 6) is 1.30. The van der Waals surface area contributed by atoms with Gasteiger partial charge in [0.15, 0.2) is 0 Å². The van der Waals surface area contributed by atoms with Gasteiger partial charge in [0.05, 0.1) is 0 Å². The summed E-state index contributed by atoms with van der Waals surface area (Å²) < 4.78 is 5.25. The number of piperidine rings is 1. The fourth-order valence-corrected chi connectivity index (χ4v) is 2.19. The van der Waals surface area contributed by atoms with Crippen LogP contribution in [0.2, 0.25) is 0 Å². The first-order valence-corrected chi connectivity index (χ1v) is 6.21. The first-order chi connectivity index (χ1) is 8.83. The van der Waals surface area contributed by atoms with Crippen molar-refractivity contribution in [2.45, 2.75) is 19.3 Å². The van der Waals surface area contributed by atoms with E-state index in [1.807, 2.05) is 6.07 Å². The molecule has 0 atom stereocenters. The SMILES string of the molecule is Oc1cccc(-c2nc(N3CCCCC3)no2)c1. The van der Waals surface area contributed by atoms with Crippen LogP contribution in [-0.4, -0.2) is 28.3 Å². The molecule has 1 aliphatic heterocycles. The quantitative estimate of drug-likeness (QED) is 0.880. The average molecular weight is 245 g/mol. The minimum absolute atomic E-state index is 0.199. The predicted molar refractivity (Wildman–Crippen MR) is 67.5 cm³/mol. The number of benzene rings is 1. The van der Waals surface area contributed by atoms with Gasteiger partial charge in [-0.15, -0.1) is 0 Å². The molecule has 1 aromatic heterocycles. The molecule has 1 N–H and O–H groups in total. The lowest BCUT2D eigenvalue weighted by Crippen LogP contribution is -2.30. The number of aromatic hydroxyl groups is 1. The van der Waals surface area contributed by atoms with Crippen molar-refractivity contribution in [2.75, 3.05) is 18.0 Å². The van der Waals surface area contributed by atoms with Crippen LogP contribution in [-0.2, 0) is 0 Å². The minimum Gasteiger partial charge on any atom is -0.508 e. The summed E-state index contributed by atoms with van der Waals surface area (Å²) in [5, 5.41) is 13.4. The van der Waals surface area contributed by atoms with Crippen molar-refractivity contribution >= 4 is 5.95 Å². The topological polar surface area (TPSA) is 62.4 Å². The van der Waals surface area contributed by atoms with Crippen molar-refractivity contribution in [1.82, 2.24) is 10.1 Å². The molecule has 2 aromatic rings. The third-order valence-corrected chi connectivity index (χ3v) is 3.15. The molecule has 18 heavy (non-hydrogen) atoms. The Morgan fingerprint density at radius 3 is 2.78 bits per heavy atom. The van der Waals surface area contributed by atoms with Gasteiger partial charge in [-0.2, -0.15) is 4.98 Å². The van der Waals surface area contributed by atoms with Crippen LogP contribution < -0.4 is 4.90 Å². The Kier molecular flexibility index (Phi) is 2.88. The number of phenols is 1. The van der Waals surface area contributed by atoms with E-state index in [4.69, 9.17) is 4.52 Å². The Morgan fingerprint density at radius 1 is 1.17 bits per heavy atom. The summed E-state index contributed by atoms with van der Waals surface area (Å²) in [5.41, 5.74) is 0.741. The van der Waals surface area contributed by atoms with Gasteiger partial charge in [0, 0.05) is 18.7 Å². The third-order valence-electron chi connectivity index (χ3n) is 3.15. The maximum Gasteiger partial charge on any atom is 0.266 e. The van der Waals surface area contributed by atoms with E-state index in [1.54, 1.807) is 18.2 Å². The number of aromatic nitrogens is 2. The lowest BCUT2D eigenvalue weighted by molar-refractivity contribution is 0.425. The molecule has 5 nitrogen and oxygen atoms in total. The number of nitrogens with zero attached hydrogens (tertiary/aromatic N) is 3. The zero-order chi connectivity index (χ0) is 12.4. The molecule has 0 radical (unpaired) electrons. The van der Waals surface area contributed by atoms with E-state index in [9.17, 15) is 5.11 Å². The Bertz CT molecular complexity index is 533. The molecule has 5 heteroatoms. The Labute approximate surface area is 105 Å². The second-order valence-corrected chi connectivity index (χ2v) is 4.50. The summed E-state index contributed by atoms with van der Waals surface area (Å²) in [6.07, 6.45) is 3.62. The van der Waals surface area contributed by atoms with Crippen molar-refractivity contribution in [3.05, 3.63) is 24.3 Å². The van der Waals surface area contributed by atoms with Gasteiger partial charge in [-0.05, 0) is 42.6 Å². The van der Waals surface area contributed by atoms with Crippen LogP contribution >= 0.6 is 0 Å². The van der Waals surface area contributed by atoms with Gasteiger partial charge in [0.25, 0.3) is 11.8 Å². The zero-order valence-electron chi connectivity index (χ0n) is 10.0. The normalized spacial score (nSPS) is 15.9. The fraction of sp³-hybridized carbons (Fsp3) is 0.385. The van der Waals surface area contributed by atoms with Crippen molar-refractivity contribution in [2.24, 2.45) is 0 Å². The van der Waals surface area contributed by atoms with E-state index >= 15 is 0 Å². The fourth-order valence-electron chi connectivity index (χ4n) is 2.19. The molecule has 0 saturated carbocycles. The average Bonchev–Trinajstić information content (AvgIpc) is 2.89. The van der Waals surface area contributed by atoms with Gasteiger partial charge < -0.3 is 14.5 Å². The molecular formula is C13H15N3O2. The second kappa shape index (κ2) is 4.68. The molecule has 1 saturated heterocycles. The number of hydrogen-bond donors (Lipinski definition) is 1. The van der Waals surface area contributed by atoms with Gasteiger partial charge in [-0.25, -0.2) is 0 Å².